The summed E-state index contributed by atoms with van der Waals surface area (Å²) >= 11 is 0. The normalized spacial score (nSPS) is 23.0. The molecule has 4 heteroatoms. The lowest BCUT2D eigenvalue weighted by Gasteiger charge is -2.24. The quantitative estimate of drug-likeness (QED) is 0.784. The molecule has 1 heterocycles. The first-order valence-corrected chi connectivity index (χ1v) is 7.32. The highest BCUT2D eigenvalue weighted by Crippen LogP contribution is 2.42. The van der Waals surface area contributed by atoms with Gasteiger partial charge in [-0.15, -0.1) is 0 Å². The molecule has 110 valence electrons. The first-order chi connectivity index (χ1) is 9.50. The van der Waals surface area contributed by atoms with Gasteiger partial charge < -0.3 is 15.1 Å². The molecule has 2 N–H and O–H groups in total. The molecule has 20 heavy (non-hydrogen) atoms. The van der Waals surface area contributed by atoms with Gasteiger partial charge in [-0.3, -0.25) is 4.79 Å². The highest BCUT2D eigenvalue weighted by atomic mass is 16.3. The fourth-order valence-electron chi connectivity index (χ4n) is 2.87. The van der Waals surface area contributed by atoms with Crippen molar-refractivity contribution in [1.29, 1.82) is 0 Å². The van der Waals surface area contributed by atoms with E-state index in [0.717, 1.165) is 24.9 Å². The lowest BCUT2D eigenvalue weighted by atomic mass is 9.90. The van der Waals surface area contributed by atoms with Crippen LogP contribution < -0.4 is 4.90 Å². The number of carbonyl (C=O) groups excluding carboxylic acids is 1. The molecule has 0 aromatic heterocycles. The number of anilines is 1. The van der Waals surface area contributed by atoms with E-state index in [1.54, 1.807) is 17.9 Å². The number of unbranched alkanes of at least 4 members (excludes halogenated alkanes) is 2. The van der Waals surface area contributed by atoms with E-state index in [9.17, 15) is 15.0 Å². The van der Waals surface area contributed by atoms with Gasteiger partial charge in [-0.2, -0.15) is 0 Å². The molecule has 0 aliphatic carbocycles. The minimum atomic E-state index is -1.59. The number of para-hydroxylation sites is 1. The standard InChI is InChI=1S/C16H23NO3/c1-3-4-7-10-17-14-9-6-5-8-13(14)16(20,15(17)19)11-12(2)18/h5-6,8-9,12,18,20H,3-4,7,10-11H2,1-2H3/t12-,16+/m0/s1. The van der Waals surface area contributed by atoms with Gasteiger partial charge in [0.25, 0.3) is 5.91 Å². The third kappa shape index (κ3) is 2.58. The van der Waals surface area contributed by atoms with E-state index in [2.05, 4.69) is 6.92 Å². The summed E-state index contributed by atoms with van der Waals surface area (Å²) in [6, 6.07) is 7.32. The molecule has 0 bridgehead atoms. The van der Waals surface area contributed by atoms with Gasteiger partial charge in [0.05, 0.1) is 11.8 Å². The lowest BCUT2D eigenvalue weighted by Crippen LogP contribution is -2.42. The lowest BCUT2D eigenvalue weighted by molar-refractivity contribution is -0.139. The summed E-state index contributed by atoms with van der Waals surface area (Å²) < 4.78 is 0. The van der Waals surface area contributed by atoms with Gasteiger partial charge in [0.15, 0.2) is 5.60 Å². The smallest absolute Gasteiger partial charge is 0.263 e. The number of aliphatic hydroxyl groups is 2. The van der Waals surface area contributed by atoms with Crippen LogP contribution in [0.4, 0.5) is 5.69 Å². The molecule has 4 nitrogen and oxygen atoms in total. The maximum absolute atomic E-state index is 12.6. The van der Waals surface area contributed by atoms with Crippen molar-refractivity contribution in [1.82, 2.24) is 0 Å². The highest BCUT2D eigenvalue weighted by molar-refractivity contribution is 6.06. The van der Waals surface area contributed by atoms with Crippen molar-refractivity contribution >= 4 is 11.6 Å². The molecule has 1 aromatic carbocycles. The Morgan fingerprint density at radius 1 is 1.30 bits per heavy atom. The van der Waals surface area contributed by atoms with Crippen LogP contribution in [-0.2, 0) is 10.4 Å². The van der Waals surface area contributed by atoms with E-state index in [4.69, 9.17) is 0 Å². The number of nitrogens with zero attached hydrogens (tertiary/aromatic N) is 1. The molecule has 0 unspecified atom stereocenters. The summed E-state index contributed by atoms with van der Waals surface area (Å²) in [6.07, 6.45) is 2.37. The Balaban J connectivity index is 2.31. The third-order valence-electron chi connectivity index (χ3n) is 3.82. The second-order valence-electron chi connectivity index (χ2n) is 5.59. The number of aliphatic hydroxyl groups excluding tert-OH is 1. The van der Waals surface area contributed by atoms with Crippen LogP contribution in [0.2, 0.25) is 0 Å². The highest BCUT2D eigenvalue weighted by Gasteiger charge is 2.49. The minimum Gasteiger partial charge on any atom is -0.393 e. The molecule has 0 saturated heterocycles. The maximum Gasteiger partial charge on any atom is 0.263 e. The SMILES string of the molecule is CCCCCN1C(=O)[C@@](O)(C[C@H](C)O)c2ccccc21. The van der Waals surface area contributed by atoms with Crippen molar-refractivity contribution in [2.24, 2.45) is 0 Å². The van der Waals surface area contributed by atoms with E-state index < -0.39 is 11.7 Å². The Hall–Kier alpha value is -1.39. The summed E-state index contributed by atoms with van der Waals surface area (Å²) in [6.45, 7) is 4.32. The number of hydrogen-bond acceptors (Lipinski definition) is 3. The van der Waals surface area contributed by atoms with Crippen LogP contribution in [0.15, 0.2) is 24.3 Å². The topological polar surface area (TPSA) is 60.8 Å². The molecular weight excluding hydrogens is 254 g/mol. The predicted molar refractivity (Wildman–Crippen MR) is 78.5 cm³/mol. The summed E-state index contributed by atoms with van der Waals surface area (Å²) in [7, 11) is 0. The second kappa shape index (κ2) is 5.94. The Bertz CT molecular complexity index is 486. The van der Waals surface area contributed by atoms with Crippen molar-refractivity contribution < 1.29 is 15.0 Å². The molecule has 1 aromatic rings. The molecule has 1 aliphatic rings. The first kappa shape index (κ1) is 15.0. The van der Waals surface area contributed by atoms with E-state index in [1.807, 2.05) is 18.2 Å². The Morgan fingerprint density at radius 2 is 2.00 bits per heavy atom. The summed E-state index contributed by atoms with van der Waals surface area (Å²) in [5.41, 5.74) is -0.198. The van der Waals surface area contributed by atoms with Crippen molar-refractivity contribution in [3.8, 4) is 0 Å². The first-order valence-electron chi connectivity index (χ1n) is 7.32. The molecule has 1 amide bonds. The number of fused-ring (bicyclic) bond motifs is 1. The zero-order valence-corrected chi connectivity index (χ0v) is 12.2. The number of benzene rings is 1. The van der Waals surface area contributed by atoms with E-state index in [-0.39, 0.29) is 12.3 Å². The summed E-state index contributed by atoms with van der Waals surface area (Å²) in [4.78, 5) is 14.2. The molecule has 0 spiro atoms. The number of amides is 1. The van der Waals surface area contributed by atoms with Crippen LogP contribution in [0, 0.1) is 0 Å². The van der Waals surface area contributed by atoms with Crippen LogP contribution in [0.25, 0.3) is 0 Å². The van der Waals surface area contributed by atoms with Crippen molar-refractivity contribution in [2.45, 2.75) is 51.2 Å². The number of carbonyl (C=O) groups is 1. The Morgan fingerprint density at radius 3 is 2.65 bits per heavy atom. The van der Waals surface area contributed by atoms with Crippen LogP contribution in [-0.4, -0.2) is 28.8 Å². The summed E-state index contributed by atoms with van der Waals surface area (Å²) in [5.74, 6) is -0.310. The van der Waals surface area contributed by atoms with Gasteiger partial charge in [0, 0.05) is 18.5 Å². The Kier molecular flexibility index (Phi) is 4.45. The largest absolute Gasteiger partial charge is 0.393 e. The van der Waals surface area contributed by atoms with Gasteiger partial charge in [-0.05, 0) is 19.4 Å². The molecule has 0 fully saturated rings. The van der Waals surface area contributed by atoms with Crippen LogP contribution in [0.5, 0.6) is 0 Å². The average Bonchev–Trinajstić information content (AvgIpc) is 2.61. The van der Waals surface area contributed by atoms with E-state index in [0.29, 0.717) is 12.1 Å². The van der Waals surface area contributed by atoms with Crippen molar-refractivity contribution in [3.05, 3.63) is 29.8 Å². The monoisotopic (exact) mass is 277 g/mol. The molecule has 1 aliphatic heterocycles. The summed E-state index contributed by atoms with van der Waals surface area (Å²) in [5, 5.41) is 20.3. The van der Waals surface area contributed by atoms with E-state index >= 15 is 0 Å². The molecule has 0 saturated carbocycles. The third-order valence-corrected chi connectivity index (χ3v) is 3.82. The zero-order valence-electron chi connectivity index (χ0n) is 12.2. The van der Waals surface area contributed by atoms with Crippen LogP contribution >= 0.6 is 0 Å². The van der Waals surface area contributed by atoms with Gasteiger partial charge >= 0.3 is 0 Å². The molecular formula is C16H23NO3. The van der Waals surface area contributed by atoms with Crippen LogP contribution in [0.3, 0.4) is 0 Å². The number of hydrogen-bond donors (Lipinski definition) is 2. The Labute approximate surface area is 120 Å². The van der Waals surface area contributed by atoms with Gasteiger partial charge in [-0.25, -0.2) is 0 Å². The second-order valence-corrected chi connectivity index (χ2v) is 5.59. The zero-order chi connectivity index (χ0) is 14.8. The van der Waals surface area contributed by atoms with Gasteiger partial charge in [0.1, 0.15) is 0 Å². The minimum absolute atomic E-state index is 0.0348. The van der Waals surface area contributed by atoms with E-state index in [1.165, 1.54) is 0 Å². The fourth-order valence-corrected chi connectivity index (χ4v) is 2.87. The molecule has 0 radical (unpaired) electrons. The maximum atomic E-state index is 12.6. The fraction of sp³-hybridized carbons (Fsp3) is 0.562. The average molecular weight is 277 g/mol. The van der Waals surface area contributed by atoms with Gasteiger partial charge in [-0.1, -0.05) is 38.0 Å². The number of rotatable bonds is 6. The van der Waals surface area contributed by atoms with Gasteiger partial charge in [0.2, 0.25) is 0 Å². The molecule has 2 atom stereocenters. The predicted octanol–water partition coefficient (Wildman–Crippen LogP) is 2.18. The van der Waals surface area contributed by atoms with Crippen molar-refractivity contribution in [2.75, 3.05) is 11.4 Å². The van der Waals surface area contributed by atoms with Crippen LogP contribution in [0.1, 0.15) is 45.1 Å². The van der Waals surface area contributed by atoms with Crippen molar-refractivity contribution in [3.63, 3.8) is 0 Å². The molecule has 2 rings (SSSR count).